The lowest BCUT2D eigenvalue weighted by Gasteiger charge is -2.34. The molecule has 4 heteroatoms. The highest BCUT2D eigenvalue weighted by atomic mass is 16.5. The minimum atomic E-state index is 0.141. The van der Waals surface area contributed by atoms with Gasteiger partial charge in [0.25, 0.3) is 0 Å². The van der Waals surface area contributed by atoms with Gasteiger partial charge in [0.1, 0.15) is 11.6 Å². The maximum absolute atomic E-state index is 7.81. The first-order valence-corrected chi connectivity index (χ1v) is 7.50. The number of nitrogens with zero attached hydrogens (tertiary/aromatic N) is 1. The largest absolute Gasteiger partial charge is 0.497 e. The summed E-state index contributed by atoms with van der Waals surface area (Å²) >= 11 is 0. The van der Waals surface area contributed by atoms with Crippen molar-refractivity contribution >= 4 is 11.5 Å². The Kier molecular flexibility index (Phi) is 3.55. The van der Waals surface area contributed by atoms with Crippen molar-refractivity contribution in [3.8, 4) is 5.75 Å². The number of nitrogens with one attached hydrogen (secondary N) is 1. The molecule has 108 valence electrons. The molecule has 0 radical (unpaired) electrons. The van der Waals surface area contributed by atoms with Gasteiger partial charge in [-0.3, -0.25) is 5.41 Å². The van der Waals surface area contributed by atoms with E-state index in [4.69, 9.17) is 15.9 Å². The van der Waals surface area contributed by atoms with Gasteiger partial charge in [0.15, 0.2) is 0 Å². The molecule has 0 spiro atoms. The third-order valence-corrected chi connectivity index (χ3v) is 4.81. The van der Waals surface area contributed by atoms with Crippen LogP contribution in [-0.4, -0.2) is 25.5 Å². The summed E-state index contributed by atoms with van der Waals surface area (Å²) in [4.78, 5) is 2.46. The average molecular weight is 273 g/mol. The number of methoxy groups -OCH3 is 1. The summed E-state index contributed by atoms with van der Waals surface area (Å²) in [7, 11) is 1.68. The number of ether oxygens (including phenoxy) is 1. The number of nitrogens with two attached hydrogens (primary N) is 1. The van der Waals surface area contributed by atoms with E-state index in [0.717, 1.165) is 29.5 Å². The average Bonchev–Trinajstić information content (AvgIpc) is 2.90. The summed E-state index contributed by atoms with van der Waals surface area (Å²) in [6.45, 7) is 1.07. The normalized spacial score (nSPS) is 25.4. The van der Waals surface area contributed by atoms with E-state index in [0.29, 0.717) is 6.04 Å². The number of amidine groups is 1. The summed E-state index contributed by atoms with van der Waals surface area (Å²) in [5, 5.41) is 7.81. The summed E-state index contributed by atoms with van der Waals surface area (Å²) in [5.74, 6) is 1.79. The Morgan fingerprint density at radius 1 is 1.30 bits per heavy atom. The molecule has 0 amide bonds. The molecule has 1 saturated heterocycles. The van der Waals surface area contributed by atoms with Gasteiger partial charge in [0.05, 0.1) is 12.8 Å². The highest BCUT2D eigenvalue weighted by Crippen LogP contribution is 2.40. The number of rotatable bonds is 3. The van der Waals surface area contributed by atoms with E-state index in [1.54, 1.807) is 7.11 Å². The van der Waals surface area contributed by atoms with Gasteiger partial charge in [0.2, 0.25) is 0 Å². The minimum Gasteiger partial charge on any atom is -0.497 e. The van der Waals surface area contributed by atoms with Crippen molar-refractivity contribution < 1.29 is 4.74 Å². The van der Waals surface area contributed by atoms with Crippen LogP contribution in [0.5, 0.6) is 5.75 Å². The molecule has 1 aliphatic heterocycles. The summed E-state index contributed by atoms with van der Waals surface area (Å²) < 4.78 is 5.35. The number of hydrogen-bond donors (Lipinski definition) is 2. The summed E-state index contributed by atoms with van der Waals surface area (Å²) in [6, 6.07) is 6.45. The molecule has 0 aromatic heterocycles. The zero-order valence-corrected chi connectivity index (χ0v) is 12.1. The molecule has 20 heavy (non-hydrogen) atoms. The summed E-state index contributed by atoms with van der Waals surface area (Å²) in [6.07, 6.45) is 6.56. The highest BCUT2D eigenvalue weighted by molar-refractivity contribution is 6.00. The SMILES string of the molecule is COc1ccc(C(=N)N)c(N2CCC3CCCCC32)c1. The van der Waals surface area contributed by atoms with Crippen LogP contribution >= 0.6 is 0 Å². The zero-order chi connectivity index (χ0) is 14.1. The second kappa shape index (κ2) is 5.35. The molecule has 4 nitrogen and oxygen atoms in total. The number of fused-ring (bicyclic) bond motifs is 1. The smallest absolute Gasteiger partial charge is 0.124 e. The van der Waals surface area contributed by atoms with Crippen LogP contribution in [-0.2, 0) is 0 Å². The molecule has 1 heterocycles. The van der Waals surface area contributed by atoms with E-state index >= 15 is 0 Å². The van der Waals surface area contributed by atoms with Gasteiger partial charge in [0, 0.05) is 24.2 Å². The van der Waals surface area contributed by atoms with E-state index in [1.165, 1.54) is 32.1 Å². The maximum atomic E-state index is 7.81. The monoisotopic (exact) mass is 273 g/mol. The van der Waals surface area contributed by atoms with Gasteiger partial charge < -0.3 is 15.4 Å². The first-order valence-electron chi connectivity index (χ1n) is 7.50. The molecule has 3 rings (SSSR count). The van der Waals surface area contributed by atoms with E-state index in [1.807, 2.05) is 18.2 Å². The first kappa shape index (κ1) is 13.3. The molecular formula is C16H23N3O. The fourth-order valence-electron chi connectivity index (χ4n) is 3.81. The van der Waals surface area contributed by atoms with Crippen LogP contribution in [0.3, 0.4) is 0 Å². The van der Waals surface area contributed by atoms with E-state index in [2.05, 4.69) is 4.90 Å². The molecule has 2 unspecified atom stereocenters. The van der Waals surface area contributed by atoms with Gasteiger partial charge in [-0.2, -0.15) is 0 Å². The topological polar surface area (TPSA) is 62.3 Å². The lowest BCUT2D eigenvalue weighted by molar-refractivity contribution is 0.342. The lowest BCUT2D eigenvalue weighted by atomic mass is 9.85. The van der Waals surface area contributed by atoms with Crippen molar-refractivity contribution in [2.24, 2.45) is 11.7 Å². The number of benzene rings is 1. The molecule has 1 aliphatic carbocycles. The second-order valence-electron chi connectivity index (χ2n) is 5.89. The van der Waals surface area contributed by atoms with Crippen molar-refractivity contribution in [3.63, 3.8) is 0 Å². The van der Waals surface area contributed by atoms with Crippen LogP contribution in [0.4, 0.5) is 5.69 Å². The van der Waals surface area contributed by atoms with Crippen molar-refractivity contribution in [1.82, 2.24) is 0 Å². The fraction of sp³-hybridized carbons (Fsp3) is 0.562. The molecular weight excluding hydrogens is 250 g/mol. The first-order chi connectivity index (χ1) is 9.70. The Balaban J connectivity index is 1.97. The molecule has 3 N–H and O–H groups in total. The fourth-order valence-corrected chi connectivity index (χ4v) is 3.81. The predicted molar refractivity (Wildman–Crippen MR) is 81.7 cm³/mol. The standard InChI is InChI=1S/C16H23N3O/c1-20-12-6-7-13(16(17)18)15(10-12)19-9-8-11-4-2-3-5-14(11)19/h6-7,10-11,14H,2-5,8-9H2,1H3,(H3,17,18). The third-order valence-electron chi connectivity index (χ3n) is 4.81. The quantitative estimate of drug-likeness (QED) is 0.657. The van der Waals surface area contributed by atoms with Crippen LogP contribution in [0.1, 0.15) is 37.7 Å². The van der Waals surface area contributed by atoms with Gasteiger partial charge in [-0.25, -0.2) is 0 Å². The van der Waals surface area contributed by atoms with Crippen molar-refractivity contribution in [1.29, 1.82) is 5.41 Å². The highest BCUT2D eigenvalue weighted by Gasteiger charge is 2.36. The number of anilines is 1. The Morgan fingerprint density at radius 3 is 2.85 bits per heavy atom. The lowest BCUT2D eigenvalue weighted by Crippen LogP contribution is -2.36. The Labute approximate surface area is 120 Å². The van der Waals surface area contributed by atoms with Crippen LogP contribution in [0.15, 0.2) is 18.2 Å². The predicted octanol–water partition coefficient (Wildman–Crippen LogP) is 2.75. The van der Waals surface area contributed by atoms with Crippen LogP contribution in [0, 0.1) is 11.3 Å². The van der Waals surface area contributed by atoms with Gasteiger partial charge in [-0.1, -0.05) is 12.8 Å². The Morgan fingerprint density at radius 2 is 2.10 bits per heavy atom. The molecule has 2 fully saturated rings. The van der Waals surface area contributed by atoms with Gasteiger partial charge >= 0.3 is 0 Å². The zero-order valence-electron chi connectivity index (χ0n) is 12.1. The second-order valence-corrected chi connectivity index (χ2v) is 5.89. The minimum absolute atomic E-state index is 0.141. The van der Waals surface area contributed by atoms with E-state index in [9.17, 15) is 0 Å². The molecule has 1 aromatic rings. The maximum Gasteiger partial charge on any atom is 0.124 e. The molecule has 1 saturated carbocycles. The van der Waals surface area contributed by atoms with Crippen molar-refractivity contribution in [2.75, 3.05) is 18.6 Å². The van der Waals surface area contributed by atoms with E-state index < -0.39 is 0 Å². The molecule has 2 aliphatic rings. The molecule has 1 aromatic carbocycles. The molecule has 0 bridgehead atoms. The Hall–Kier alpha value is -1.71. The van der Waals surface area contributed by atoms with Crippen molar-refractivity contribution in [3.05, 3.63) is 23.8 Å². The molecule has 2 atom stereocenters. The van der Waals surface area contributed by atoms with Gasteiger partial charge in [-0.15, -0.1) is 0 Å². The number of nitrogen functional groups attached to an aromatic ring is 1. The van der Waals surface area contributed by atoms with E-state index in [-0.39, 0.29) is 5.84 Å². The van der Waals surface area contributed by atoms with Gasteiger partial charge in [-0.05, 0) is 37.3 Å². The Bertz CT molecular complexity index is 514. The number of hydrogen-bond acceptors (Lipinski definition) is 3. The third kappa shape index (κ3) is 2.23. The van der Waals surface area contributed by atoms with Crippen LogP contribution < -0.4 is 15.4 Å². The van der Waals surface area contributed by atoms with Crippen LogP contribution in [0.2, 0.25) is 0 Å². The summed E-state index contributed by atoms with van der Waals surface area (Å²) in [5.41, 5.74) is 7.66. The van der Waals surface area contributed by atoms with Crippen LogP contribution in [0.25, 0.3) is 0 Å². The van der Waals surface area contributed by atoms with Crippen molar-refractivity contribution in [2.45, 2.75) is 38.1 Å².